The number of rotatable bonds is 1. The fourth-order valence-electron chi connectivity index (χ4n) is 1.43. The Balaban J connectivity index is 2.34. The molecule has 0 unspecified atom stereocenters. The molecule has 0 saturated heterocycles. The molecule has 15 heavy (non-hydrogen) atoms. The molecule has 1 aromatic rings. The van der Waals surface area contributed by atoms with Crippen LogP contribution >= 0.6 is 0 Å². The van der Waals surface area contributed by atoms with Gasteiger partial charge in [0.1, 0.15) is 0 Å². The zero-order valence-corrected chi connectivity index (χ0v) is 8.43. The van der Waals surface area contributed by atoms with Crippen LogP contribution in [0.3, 0.4) is 0 Å². The maximum Gasteiger partial charge on any atom is 0.0314 e. The molecular formula is C14H13N. The molecule has 1 aromatic carbocycles. The molecule has 1 aliphatic rings. The highest BCUT2D eigenvalue weighted by molar-refractivity contribution is 5.76. The smallest absolute Gasteiger partial charge is 0.0314 e. The third-order valence-electron chi connectivity index (χ3n) is 2.24. The molecule has 0 heterocycles. The molecule has 0 aliphatic heterocycles. The van der Waals surface area contributed by atoms with E-state index >= 15 is 0 Å². The van der Waals surface area contributed by atoms with Crippen molar-refractivity contribution in [3.63, 3.8) is 0 Å². The Bertz CT molecular complexity index is 445. The van der Waals surface area contributed by atoms with Crippen molar-refractivity contribution in [1.82, 2.24) is 0 Å². The molecule has 0 amide bonds. The Kier molecular flexibility index (Phi) is 2.84. The number of benzene rings is 1. The van der Waals surface area contributed by atoms with Crippen LogP contribution in [0.15, 0.2) is 66.8 Å². The number of nitrogens with two attached hydrogens (primary N) is 1. The van der Waals surface area contributed by atoms with Crippen molar-refractivity contribution < 1.29 is 0 Å². The van der Waals surface area contributed by atoms with Gasteiger partial charge >= 0.3 is 0 Å². The van der Waals surface area contributed by atoms with Crippen LogP contribution in [0.5, 0.6) is 0 Å². The van der Waals surface area contributed by atoms with E-state index in [1.54, 1.807) is 0 Å². The Morgan fingerprint density at radius 3 is 2.20 bits per heavy atom. The van der Waals surface area contributed by atoms with Crippen LogP contribution in [0.1, 0.15) is 5.56 Å². The van der Waals surface area contributed by atoms with Gasteiger partial charge in [-0.3, -0.25) is 0 Å². The highest BCUT2D eigenvalue weighted by atomic mass is 14.5. The number of nitrogen functional groups attached to an aromatic ring is 1. The van der Waals surface area contributed by atoms with Crippen LogP contribution in [-0.2, 0) is 0 Å². The molecule has 1 heteroatoms. The predicted molar refractivity (Wildman–Crippen MR) is 66.3 cm³/mol. The van der Waals surface area contributed by atoms with Gasteiger partial charge < -0.3 is 5.73 Å². The molecule has 2 rings (SSSR count). The van der Waals surface area contributed by atoms with Gasteiger partial charge in [-0.2, -0.15) is 0 Å². The van der Waals surface area contributed by atoms with E-state index in [-0.39, 0.29) is 0 Å². The zero-order chi connectivity index (χ0) is 10.5. The average Bonchev–Trinajstić information content (AvgIpc) is 2.19. The summed E-state index contributed by atoms with van der Waals surface area (Å²) in [6, 6.07) is 7.90. The zero-order valence-electron chi connectivity index (χ0n) is 8.43. The second-order valence-corrected chi connectivity index (χ2v) is 3.37. The lowest BCUT2D eigenvalue weighted by Crippen LogP contribution is -1.85. The van der Waals surface area contributed by atoms with Gasteiger partial charge in [0.15, 0.2) is 0 Å². The highest BCUT2D eigenvalue weighted by Crippen LogP contribution is 2.18. The van der Waals surface area contributed by atoms with Gasteiger partial charge in [0, 0.05) is 5.69 Å². The minimum Gasteiger partial charge on any atom is -0.399 e. The monoisotopic (exact) mass is 195 g/mol. The largest absolute Gasteiger partial charge is 0.399 e. The summed E-state index contributed by atoms with van der Waals surface area (Å²) < 4.78 is 0. The SMILES string of the molecule is Nc1ccc(C2=CC=CC=CC=C2)cc1. The van der Waals surface area contributed by atoms with Gasteiger partial charge in [-0.25, -0.2) is 0 Å². The predicted octanol–water partition coefficient (Wildman–Crippen LogP) is 3.33. The van der Waals surface area contributed by atoms with Crippen molar-refractivity contribution in [2.75, 3.05) is 5.73 Å². The van der Waals surface area contributed by atoms with E-state index in [1.807, 2.05) is 54.6 Å². The third-order valence-corrected chi connectivity index (χ3v) is 2.24. The van der Waals surface area contributed by atoms with Gasteiger partial charge in [0.2, 0.25) is 0 Å². The number of hydrogen-bond acceptors (Lipinski definition) is 1. The molecular weight excluding hydrogens is 182 g/mol. The van der Waals surface area contributed by atoms with Crippen molar-refractivity contribution in [2.45, 2.75) is 0 Å². The second kappa shape index (κ2) is 4.47. The van der Waals surface area contributed by atoms with Crippen LogP contribution in [-0.4, -0.2) is 0 Å². The second-order valence-electron chi connectivity index (χ2n) is 3.37. The summed E-state index contributed by atoms with van der Waals surface area (Å²) >= 11 is 0. The van der Waals surface area contributed by atoms with E-state index in [4.69, 9.17) is 5.73 Å². The van der Waals surface area contributed by atoms with Gasteiger partial charge in [-0.1, -0.05) is 54.7 Å². The molecule has 0 saturated carbocycles. The Labute approximate surface area is 89.9 Å². The third kappa shape index (κ3) is 2.47. The maximum absolute atomic E-state index is 5.65. The summed E-state index contributed by atoms with van der Waals surface area (Å²) in [5.74, 6) is 0. The fraction of sp³-hybridized carbons (Fsp3) is 0. The summed E-state index contributed by atoms with van der Waals surface area (Å²) in [5, 5.41) is 0. The standard InChI is InChI=1S/C14H13N/c15-14-10-8-13(9-11-14)12-6-4-2-1-3-5-7-12/h1-11H,15H2. The van der Waals surface area contributed by atoms with Gasteiger partial charge in [0.05, 0.1) is 0 Å². The molecule has 0 atom stereocenters. The fourth-order valence-corrected chi connectivity index (χ4v) is 1.43. The molecule has 1 nitrogen and oxygen atoms in total. The van der Waals surface area contributed by atoms with Crippen LogP contribution in [0.4, 0.5) is 5.69 Å². The first-order chi connectivity index (χ1) is 7.36. The van der Waals surface area contributed by atoms with Crippen molar-refractivity contribution in [3.8, 4) is 0 Å². The minimum absolute atomic E-state index is 0.796. The first-order valence-electron chi connectivity index (χ1n) is 4.94. The minimum atomic E-state index is 0.796. The molecule has 0 spiro atoms. The van der Waals surface area contributed by atoms with Crippen molar-refractivity contribution in [2.24, 2.45) is 0 Å². The lowest BCUT2D eigenvalue weighted by atomic mass is 10.0. The molecule has 1 aliphatic carbocycles. The topological polar surface area (TPSA) is 26.0 Å². The summed E-state index contributed by atoms with van der Waals surface area (Å²) in [6.07, 6.45) is 14.3. The summed E-state index contributed by atoms with van der Waals surface area (Å²) in [6.45, 7) is 0. The average molecular weight is 195 g/mol. The van der Waals surface area contributed by atoms with E-state index in [0.717, 1.165) is 5.69 Å². The number of allylic oxidation sites excluding steroid dienone is 8. The Morgan fingerprint density at radius 2 is 1.40 bits per heavy atom. The first-order valence-corrected chi connectivity index (χ1v) is 4.94. The molecule has 0 fully saturated rings. The van der Waals surface area contributed by atoms with E-state index < -0.39 is 0 Å². The van der Waals surface area contributed by atoms with Crippen molar-refractivity contribution in [3.05, 3.63) is 72.4 Å². The lowest BCUT2D eigenvalue weighted by Gasteiger charge is -2.02. The highest BCUT2D eigenvalue weighted by Gasteiger charge is 1.96. The molecule has 0 bridgehead atoms. The van der Waals surface area contributed by atoms with Crippen molar-refractivity contribution >= 4 is 11.3 Å². The molecule has 0 radical (unpaired) electrons. The van der Waals surface area contributed by atoms with Crippen LogP contribution in [0.25, 0.3) is 5.57 Å². The van der Waals surface area contributed by atoms with E-state index in [1.165, 1.54) is 11.1 Å². The van der Waals surface area contributed by atoms with Crippen LogP contribution < -0.4 is 5.73 Å². The Hall–Kier alpha value is -2.02. The van der Waals surface area contributed by atoms with E-state index in [9.17, 15) is 0 Å². The Morgan fingerprint density at radius 1 is 0.733 bits per heavy atom. The normalized spacial score (nSPS) is 14.5. The van der Waals surface area contributed by atoms with E-state index in [2.05, 4.69) is 12.2 Å². The molecule has 0 aromatic heterocycles. The van der Waals surface area contributed by atoms with Gasteiger partial charge in [-0.15, -0.1) is 0 Å². The van der Waals surface area contributed by atoms with Crippen LogP contribution in [0.2, 0.25) is 0 Å². The number of hydrogen-bond donors (Lipinski definition) is 1. The first kappa shape index (κ1) is 9.53. The molecule has 2 N–H and O–H groups in total. The number of anilines is 1. The summed E-state index contributed by atoms with van der Waals surface area (Å²) in [5.41, 5.74) is 8.82. The molecule has 74 valence electrons. The maximum atomic E-state index is 5.65. The van der Waals surface area contributed by atoms with Crippen molar-refractivity contribution in [1.29, 1.82) is 0 Å². The van der Waals surface area contributed by atoms with Gasteiger partial charge in [-0.05, 0) is 23.3 Å². The van der Waals surface area contributed by atoms with Crippen LogP contribution in [0, 0.1) is 0 Å². The van der Waals surface area contributed by atoms with E-state index in [0.29, 0.717) is 0 Å². The van der Waals surface area contributed by atoms with Gasteiger partial charge in [0.25, 0.3) is 0 Å². The lowest BCUT2D eigenvalue weighted by molar-refractivity contribution is 1.60. The summed E-state index contributed by atoms with van der Waals surface area (Å²) in [7, 11) is 0. The summed E-state index contributed by atoms with van der Waals surface area (Å²) in [4.78, 5) is 0. The quantitative estimate of drug-likeness (QED) is 0.683.